The van der Waals surface area contributed by atoms with Gasteiger partial charge in [-0.05, 0) is 45.9 Å². The quantitative estimate of drug-likeness (QED) is 0.256. The highest BCUT2D eigenvalue weighted by molar-refractivity contribution is 14.0. The number of nitrogens with one attached hydrogen (secondary N) is 1. The van der Waals surface area contributed by atoms with E-state index in [0.29, 0.717) is 38.1 Å². The smallest absolute Gasteiger partial charge is 0.370 e. The van der Waals surface area contributed by atoms with E-state index in [0.717, 1.165) is 19.5 Å². The molecule has 3 N–H and O–H groups in total. The van der Waals surface area contributed by atoms with Crippen LogP contribution in [0.3, 0.4) is 0 Å². The number of guanidine groups is 1. The fourth-order valence-electron chi connectivity index (χ4n) is 2.73. The van der Waals surface area contributed by atoms with E-state index < -0.39 is 12.7 Å². The van der Waals surface area contributed by atoms with Crippen molar-refractivity contribution in [1.82, 2.24) is 15.1 Å². The van der Waals surface area contributed by atoms with Gasteiger partial charge in [-0.2, -0.15) is 13.2 Å². The number of nitrogens with zero attached hydrogens (tertiary/aromatic N) is 3. The standard InChI is InChI=1S/C14H28F3N5.HI/c1-3-22-9-4-6-12(22)10-20-13(18)19-7-5-8-21(2)11-14(15,16)17;/h12H,3-11H2,1-2H3,(H3,18,19,20);1H. The average molecular weight is 451 g/mol. The summed E-state index contributed by atoms with van der Waals surface area (Å²) in [5.41, 5.74) is 5.78. The first-order valence-electron chi connectivity index (χ1n) is 7.85. The van der Waals surface area contributed by atoms with Crippen LogP contribution in [0.5, 0.6) is 0 Å². The number of aliphatic imine (C=N–C) groups is 1. The molecule has 9 heteroatoms. The molecule has 0 radical (unpaired) electrons. The first kappa shape index (κ1) is 22.7. The molecule has 1 aliphatic rings. The largest absolute Gasteiger partial charge is 0.401 e. The molecular weight excluding hydrogens is 422 g/mol. The molecule has 0 spiro atoms. The van der Waals surface area contributed by atoms with Crippen molar-refractivity contribution in [1.29, 1.82) is 0 Å². The van der Waals surface area contributed by atoms with Crippen LogP contribution < -0.4 is 11.1 Å². The zero-order valence-electron chi connectivity index (χ0n) is 13.9. The van der Waals surface area contributed by atoms with Gasteiger partial charge in [0, 0.05) is 12.6 Å². The lowest BCUT2D eigenvalue weighted by Gasteiger charge is -2.21. The lowest BCUT2D eigenvalue weighted by atomic mass is 10.2. The molecule has 1 fully saturated rings. The maximum Gasteiger partial charge on any atom is 0.401 e. The molecule has 0 saturated carbocycles. The van der Waals surface area contributed by atoms with Crippen LogP contribution in [0.4, 0.5) is 13.2 Å². The summed E-state index contributed by atoms with van der Waals surface area (Å²) in [4.78, 5) is 7.98. The van der Waals surface area contributed by atoms with Crippen molar-refractivity contribution < 1.29 is 13.2 Å². The number of likely N-dealkylation sites (tertiary alicyclic amines) is 1. The van der Waals surface area contributed by atoms with Crippen LogP contribution in [0, 0.1) is 0 Å². The predicted molar refractivity (Wildman–Crippen MR) is 98.3 cm³/mol. The van der Waals surface area contributed by atoms with E-state index in [2.05, 4.69) is 22.1 Å². The third-order valence-corrected chi connectivity index (χ3v) is 3.85. The number of rotatable bonds is 8. The molecule has 1 atom stereocenters. The monoisotopic (exact) mass is 451 g/mol. The Bertz CT molecular complexity index is 352. The summed E-state index contributed by atoms with van der Waals surface area (Å²) in [5, 5.41) is 2.96. The fraction of sp³-hybridized carbons (Fsp3) is 0.929. The lowest BCUT2D eigenvalue weighted by molar-refractivity contribution is -0.143. The van der Waals surface area contributed by atoms with E-state index in [9.17, 15) is 13.2 Å². The van der Waals surface area contributed by atoms with Gasteiger partial charge in [-0.15, -0.1) is 24.0 Å². The van der Waals surface area contributed by atoms with Gasteiger partial charge in [-0.3, -0.25) is 14.8 Å². The second kappa shape index (κ2) is 11.3. The minimum absolute atomic E-state index is 0. The molecule has 0 amide bonds. The van der Waals surface area contributed by atoms with Gasteiger partial charge in [0.25, 0.3) is 0 Å². The molecule has 0 aromatic heterocycles. The van der Waals surface area contributed by atoms with Crippen molar-refractivity contribution >= 4 is 29.9 Å². The minimum Gasteiger partial charge on any atom is -0.370 e. The highest BCUT2D eigenvalue weighted by Gasteiger charge is 2.28. The maximum absolute atomic E-state index is 12.2. The molecule has 5 nitrogen and oxygen atoms in total. The van der Waals surface area contributed by atoms with Crippen LogP contribution in [0.25, 0.3) is 0 Å². The Hall–Kier alpha value is -0.290. The summed E-state index contributed by atoms with van der Waals surface area (Å²) in [6, 6.07) is 0.461. The van der Waals surface area contributed by atoms with E-state index in [-0.39, 0.29) is 24.0 Å². The zero-order valence-corrected chi connectivity index (χ0v) is 16.2. The first-order valence-corrected chi connectivity index (χ1v) is 7.85. The number of alkyl halides is 3. The van der Waals surface area contributed by atoms with Gasteiger partial charge in [-0.1, -0.05) is 6.92 Å². The van der Waals surface area contributed by atoms with Gasteiger partial charge in [0.15, 0.2) is 5.96 Å². The van der Waals surface area contributed by atoms with Crippen LogP contribution in [-0.2, 0) is 0 Å². The van der Waals surface area contributed by atoms with Crippen molar-refractivity contribution in [2.75, 3.05) is 46.3 Å². The summed E-state index contributed by atoms with van der Waals surface area (Å²) in [7, 11) is 1.46. The maximum atomic E-state index is 12.2. The van der Waals surface area contributed by atoms with E-state index >= 15 is 0 Å². The predicted octanol–water partition coefficient (Wildman–Crippen LogP) is 1.88. The highest BCUT2D eigenvalue weighted by atomic mass is 127. The summed E-state index contributed by atoms with van der Waals surface area (Å²) in [5.74, 6) is 0.376. The number of likely N-dealkylation sites (N-methyl/N-ethyl adjacent to an activating group) is 1. The Balaban J connectivity index is 0.00000484. The van der Waals surface area contributed by atoms with E-state index in [4.69, 9.17) is 5.73 Å². The second-order valence-electron chi connectivity index (χ2n) is 5.78. The van der Waals surface area contributed by atoms with Crippen LogP contribution in [0.1, 0.15) is 26.2 Å². The van der Waals surface area contributed by atoms with E-state index in [1.54, 1.807) is 0 Å². The molecule has 1 unspecified atom stereocenters. The van der Waals surface area contributed by atoms with Gasteiger partial charge >= 0.3 is 6.18 Å². The zero-order chi connectivity index (χ0) is 16.6. The normalized spacial score (nSPS) is 19.9. The van der Waals surface area contributed by atoms with Gasteiger partial charge < -0.3 is 11.1 Å². The Morgan fingerprint density at radius 3 is 2.74 bits per heavy atom. The minimum atomic E-state index is -4.14. The lowest BCUT2D eigenvalue weighted by Crippen LogP contribution is -2.37. The summed E-state index contributed by atoms with van der Waals surface area (Å²) in [6.07, 6.45) is -1.21. The third kappa shape index (κ3) is 10.2. The summed E-state index contributed by atoms with van der Waals surface area (Å²) in [6.45, 7) is 4.98. The second-order valence-corrected chi connectivity index (χ2v) is 5.78. The Morgan fingerprint density at radius 2 is 2.13 bits per heavy atom. The van der Waals surface area contributed by atoms with Crippen LogP contribution in [-0.4, -0.2) is 74.3 Å². The van der Waals surface area contributed by atoms with Crippen LogP contribution in [0.2, 0.25) is 0 Å². The van der Waals surface area contributed by atoms with Gasteiger partial charge in [0.2, 0.25) is 0 Å². The van der Waals surface area contributed by atoms with Gasteiger partial charge in [-0.25, -0.2) is 0 Å². The number of hydrogen-bond acceptors (Lipinski definition) is 3. The van der Waals surface area contributed by atoms with Crippen molar-refractivity contribution in [2.24, 2.45) is 10.7 Å². The van der Waals surface area contributed by atoms with Gasteiger partial charge in [0.1, 0.15) is 0 Å². The third-order valence-electron chi connectivity index (χ3n) is 3.85. The molecule has 0 aromatic rings. The van der Waals surface area contributed by atoms with E-state index in [1.165, 1.54) is 18.4 Å². The van der Waals surface area contributed by atoms with E-state index in [1.807, 2.05) is 0 Å². The molecule has 0 aromatic carbocycles. The molecular formula is C14H29F3IN5. The van der Waals surface area contributed by atoms with Crippen LogP contribution in [0.15, 0.2) is 4.99 Å². The van der Waals surface area contributed by atoms with Crippen molar-refractivity contribution in [2.45, 2.75) is 38.4 Å². The molecule has 0 aliphatic carbocycles. The van der Waals surface area contributed by atoms with Crippen molar-refractivity contribution in [3.63, 3.8) is 0 Å². The summed E-state index contributed by atoms with van der Waals surface area (Å²) >= 11 is 0. The Labute approximate surface area is 153 Å². The molecule has 1 aliphatic heterocycles. The highest BCUT2D eigenvalue weighted by Crippen LogP contribution is 2.16. The van der Waals surface area contributed by atoms with Gasteiger partial charge in [0.05, 0.1) is 13.1 Å². The molecule has 0 bridgehead atoms. The SMILES string of the molecule is CCN1CCCC1CN=C(N)NCCCN(C)CC(F)(F)F.I. The number of halogens is 4. The Morgan fingerprint density at radius 1 is 1.43 bits per heavy atom. The number of hydrogen-bond donors (Lipinski definition) is 2. The first-order chi connectivity index (χ1) is 10.3. The topological polar surface area (TPSA) is 56.9 Å². The average Bonchev–Trinajstić information content (AvgIpc) is 2.86. The Kier molecular flexibility index (Phi) is 11.2. The van der Waals surface area contributed by atoms with Crippen molar-refractivity contribution in [3.05, 3.63) is 0 Å². The van der Waals surface area contributed by atoms with Crippen molar-refractivity contribution in [3.8, 4) is 0 Å². The summed E-state index contributed by atoms with van der Waals surface area (Å²) < 4.78 is 36.5. The van der Waals surface area contributed by atoms with Crippen LogP contribution >= 0.6 is 24.0 Å². The number of nitrogens with two attached hydrogens (primary N) is 1. The molecule has 1 heterocycles. The fourth-order valence-corrected chi connectivity index (χ4v) is 2.73. The molecule has 1 rings (SSSR count). The molecule has 1 saturated heterocycles. The molecule has 23 heavy (non-hydrogen) atoms. The molecule has 138 valence electrons.